The van der Waals surface area contributed by atoms with Gasteiger partial charge < -0.3 is 14.6 Å². The molecule has 1 saturated heterocycles. The summed E-state index contributed by atoms with van der Waals surface area (Å²) in [6.45, 7) is 0.437. The minimum absolute atomic E-state index is 0.0296. The second-order valence-electron chi connectivity index (χ2n) is 6.83. The first kappa shape index (κ1) is 18.6. The van der Waals surface area contributed by atoms with Gasteiger partial charge in [0.05, 0.1) is 11.6 Å². The molecule has 1 N–H and O–H groups in total. The van der Waals surface area contributed by atoms with E-state index in [1.54, 1.807) is 23.1 Å². The maximum absolute atomic E-state index is 13.7. The van der Waals surface area contributed by atoms with Crippen molar-refractivity contribution in [2.75, 3.05) is 13.3 Å². The van der Waals surface area contributed by atoms with Crippen LogP contribution in [-0.2, 0) is 11.0 Å². The molecule has 2 aliphatic rings. The third-order valence-corrected chi connectivity index (χ3v) is 5.18. The summed E-state index contributed by atoms with van der Waals surface area (Å²) in [4.78, 5) is 13.4. The third-order valence-electron chi connectivity index (χ3n) is 5.18. The summed E-state index contributed by atoms with van der Waals surface area (Å²) in [7, 11) is 0. The second kappa shape index (κ2) is 7.01. The van der Waals surface area contributed by atoms with Crippen LogP contribution >= 0.6 is 0 Å². The summed E-state index contributed by atoms with van der Waals surface area (Å²) >= 11 is 0. The Bertz CT molecular complexity index is 899. The molecule has 2 aromatic rings. The molecule has 148 valence electrons. The van der Waals surface area contributed by atoms with Crippen molar-refractivity contribution in [3.8, 4) is 11.5 Å². The van der Waals surface area contributed by atoms with Crippen molar-refractivity contribution in [1.82, 2.24) is 4.90 Å². The topological polar surface area (TPSA) is 59.0 Å². The molecule has 5 nitrogen and oxygen atoms in total. The molecule has 2 aromatic carbocycles. The third kappa shape index (κ3) is 3.28. The fourth-order valence-corrected chi connectivity index (χ4v) is 3.99. The zero-order valence-corrected chi connectivity index (χ0v) is 14.8. The van der Waals surface area contributed by atoms with Crippen LogP contribution in [0.15, 0.2) is 42.5 Å². The van der Waals surface area contributed by atoms with E-state index in [9.17, 15) is 23.1 Å². The quantitative estimate of drug-likeness (QED) is 0.849. The summed E-state index contributed by atoms with van der Waals surface area (Å²) in [5, 5.41) is 9.60. The summed E-state index contributed by atoms with van der Waals surface area (Å²) in [5.41, 5.74) is -0.204. The summed E-state index contributed by atoms with van der Waals surface area (Å²) in [6.07, 6.45) is -3.56. The number of ether oxygens (including phenoxy) is 2. The van der Waals surface area contributed by atoms with Crippen LogP contribution in [0.5, 0.6) is 11.5 Å². The van der Waals surface area contributed by atoms with Gasteiger partial charge in [-0.25, -0.2) is 0 Å². The van der Waals surface area contributed by atoms with Gasteiger partial charge in [-0.15, -0.1) is 0 Å². The van der Waals surface area contributed by atoms with Crippen LogP contribution in [0.4, 0.5) is 13.2 Å². The predicted octanol–water partition coefficient (Wildman–Crippen LogP) is 4.07. The zero-order chi connectivity index (χ0) is 19.9. The van der Waals surface area contributed by atoms with Crippen molar-refractivity contribution in [1.29, 1.82) is 0 Å². The number of carboxylic acid groups (broad SMARTS) is 1. The Morgan fingerprint density at radius 1 is 1.14 bits per heavy atom. The maximum atomic E-state index is 13.7. The van der Waals surface area contributed by atoms with Crippen LogP contribution in [0.3, 0.4) is 0 Å². The Balaban J connectivity index is 1.87. The lowest BCUT2D eigenvalue weighted by molar-refractivity contribution is -0.143. The van der Waals surface area contributed by atoms with Gasteiger partial charge in [0.2, 0.25) is 6.79 Å². The van der Waals surface area contributed by atoms with E-state index in [4.69, 9.17) is 9.47 Å². The van der Waals surface area contributed by atoms with E-state index in [-0.39, 0.29) is 12.4 Å². The van der Waals surface area contributed by atoms with Gasteiger partial charge in [-0.2, -0.15) is 13.2 Å². The first-order valence-electron chi connectivity index (χ1n) is 8.90. The van der Waals surface area contributed by atoms with Gasteiger partial charge in [-0.05, 0) is 42.2 Å². The lowest BCUT2D eigenvalue weighted by Gasteiger charge is -2.33. The molecule has 28 heavy (non-hydrogen) atoms. The van der Waals surface area contributed by atoms with E-state index >= 15 is 0 Å². The standard InChI is InChI=1S/C20H18F3NO4/c21-20(22,23)14-5-2-1-4-13(14)18(24-9-3-6-15(24)19(25)26)12-7-8-16-17(10-12)28-11-27-16/h1-2,4-5,7-8,10,15,18H,3,6,9,11H2,(H,25,26). The second-order valence-corrected chi connectivity index (χ2v) is 6.83. The van der Waals surface area contributed by atoms with Gasteiger partial charge in [-0.1, -0.05) is 24.3 Å². The van der Waals surface area contributed by atoms with E-state index in [0.717, 1.165) is 6.07 Å². The van der Waals surface area contributed by atoms with Crippen molar-refractivity contribution >= 4 is 5.97 Å². The summed E-state index contributed by atoms with van der Waals surface area (Å²) < 4.78 is 51.8. The Morgan fingerprint density at radius 3 is 2.64 bits per heavy atom. The van der Waals surface area contributed by atoms with Gasteiger partial charge in [0, 0.05) is 6.54 Å². The van der Waals surface area contributed by atoms with Crippen molar-refractivity contribution in [2.24, 2.45) is 0 Å². The average Bonchev–Trinajstić information content (AvgIpc) is 3.30. The number of benzene rings is 2. The first-order chi connectivity index (χ1) is 13.4. The van der Waals surface area contributed by atoms with E-state index in [1.165, 1.54) is 18.2 Å². The minimum atomic E-state index is -4.55. The molecule has 2 aliphatic heterocycles. The number of rotatable bonds is 4. The lowest BCUT2D eigenvalue weighted by Crippen LogP contribution is -2.39. The first-order valence-corrected chi connectivity index (χ1v) is 8.90. The molecule has 0 spiro atoms. The number of hydrogen-bond acceptors (Lipinski definition) is 4. The minimum Gasteiger partial charge on any atom is -0.480 e. The molecular formula is C20H18F3NO4. The van der Waals surface area contributed by atoms with Crippen molar-refractivity contribution in [3.05, 3.63) is 59.2 Å². The highest BCUT2D eigenvalue weighted by molar-refractivity contribution is 5.74. The molecule has 0 saturated carbocycles. The molecular weight excluding hydrogens is 375 g/mol. The van der Waals surface area contributed by atoms with Crippen LogP contribution in [0.1, 0.15) is 35.6 Å². The van der Waals surface area contributed by atoms with Gasteiger partial charge in [0.25, 0.3) is 0 Å². The van der Waals surface area contributed by atoms with Crippen LogP contribution in [0, 0.1) is 0 Å². The van der Waals surface area contributed by atoms with E-state index < -0.39 is 29.8 Å². The number of alkyl halides is 3. The number of likely N-dealkylation sites (tertiary alicyclic amines) is 1. The SMILES string of the molecule is O=C(O)C1CCCN1C(c1ccc2c(c1)OCO2)c1ccccc1C(F)(F)F. The monoisotopic (exact) mass is 393 g/mol. The molecule has 0 amide bonds. The van der Waals surface area contributed by atoms with Crippen LogP contribution < -0.4 is 9.47 Å². The molecule has 0 bridgehead atoms. The predicted molar refractivity (Wildman–Crippen MR) is 93.2 cm³/mol. The largest absolute Gasteiger partial charge is 0.480 e. The number of nitrogens with zero attached hydrogens (tertiary/aromatic N) is 1. The number of halogens is 3. The van der Waals surface area contributed by atoms with Crippen molar-refractivity contribution in [3.63, 3.8) is 0 Å². The van der Waals surface area contributed by atoms with Crippen LogP contribution in [0.25, 0.3) is 0 Å². The number of aliphatic carboxylic acids is 1. The fraction of sp³-hybridized carbons (Fsp3) is 0.350. The number of carboxylic acids is 1. The molecule has 2 unspecified atom stereocenters. The molecule has 8 heteroatoms. The average molecular weight is 393 g/mol. The molecule has 2 heterocycles. The highest BCUT2D eigenvalue weighted by atomic mass is 19.4. The molecule has 2 atom stereocenters. The Kier molecular flexibility index (Phi) is 4.66. The van der Waals surface area contributed by atoms with E-state index in [1.807, 2.05) is 0 Å². The van der Waals surface area contributed by atoms with E-state index in [0.29, 0.717) is 36.4 Å². The molecule has 0 radical (unpaired) electrons. The smallest absolute Gasteiger partial charge is 0.416 e. The summed E-state index contributed by atoms with van der Waals surface area (Å²) in [6, 6.07) is 8.55. The number of fused-ring (bicyclic) bond motifs is 1. The van der Waals surface area contributed by atoms with E-state index in [2.05, 4.69) is 0 Å². The normalized spacial score (nSPS) is 20.3. The highest BCUT2D eigenvalue weighted by Gasteiger charge is 2.41. The summed E-state index contributed by atoms with van der Waals surface area (Å²) in [5.74, 6) is -0.0754. The van der Waals surface area contributed by atoms with Crippen molar-refractivity contribution < 1.29 is 32.5 Å². The molecule has 1 fully saturated rings. The lowest BCUT2D eigenvalue weighted by atomic mass is 9.92. The molecule has 4 rings (SSSR count). The molecule has 0 aliphatic carbocycles. The van der Waals surface area contributed by atoms with Gasteiger partial charge in [-0.3, -0.25) is 9.69 Å². The number of carbonyl (C=O) groups is 1. The maximum Gasteiger partial charge on any atom is 0.416 e. The highest BCUT2D eigenvalue weighted by Crippen LogP contribution is 2.43. The van der Waals surface area contributed by atoms with Gasteiger partial charge >= 0.3 is 12.1 Å². The van der Waals surface area contributed by atoms with Gasteiger partial charge in [0.15, 0.2) is 11.5 Å². The van der Waals surface area contributed by atoms with Gasteiger partial charge in [0.1, 0.15) is 6.04 Å². The zero-order valence-electron chi connectivity index (χ0n) is 14.8. The Labute approximate surface area is 159 Å². The van der Waals surface area contributed by atoms with Crippen LogP contribution in [-0.4, -0.2) is 35.4 Å². The van der Waals surface area contributed by atoms with Crippen LogP contribution in [0.2, 0.25) is 0 Å². The number of hydrogen-bond donors (Lipinski definition) is 1. The van der Waals surface area contributed by atoms with Crippen molar-refractivity contribution in [2.45, 2.75) is 31.1 Å². The Morgan fingerprint density at radius 2 is 1.89 bits per heavy atom. The fourth-order valence-electron chi connectivity index (χ4n) is 3.99. The molecule has 0 aromatic heterocycles. The Hall–Kier alpha value is -2.74.